The lowest BCUT2D eigenvalue weighted by Gasteiger charge is -2.58. The fraction of sp³-hybridized carbons (Fsp3) is 0.815. The van der Waals surface area contributed by atoms with E-state index in [9.17, 15) is 9.90 Å². The van der Waals surface area contributed by atoms with Gasteiger partial charge in [-0.05, 0) is 98.4 Å². The number of allylic oxidation sites excluding steroid dienone is 4. The smallest absolute Gasteiger partial charge is 0.250 e. The summed E-state index contributed by atoms with van der Waals surface area (Å²) in [6.07, 6.45) is 11.8. The van der Waals surface area contributed by atoms with Crippen molar-refractivity contribution in [2.75, 3.05) is 0 Å². The number of Topliss-reactive ketones (excluding diaryl/α,β-unsaturated/α-hetero) is 1. The van der Waals surface area contributed by atoms with Gasteiger partial charge >= 0.3 is 0 Å². The van der Waals surface area contributed by atoms with E-state index in [0.29, 0.717) is 24.2 Å². The number of carbonyl (C=O) groups excluding carboxylic acids is 1. The summed E-state index contributed by atoms with van der Waals surface area (Å²) in [6, 6.07) is 0. The fourth-order valence-corrected chi connectivity index (χ4v) is 8.58. The van der Waals surface area contributed by atoms with E-state index in [2.05, 4.69) is 59.9 Å². The molecule has 0 aliphatic heterocycles. The van der Waals surface area contributed by atoms with Gasteiger partial charge in [0, 0.05) is 11.8 Å². The summed E-state index contributed by atoms with van der Waals surface area (Å²) in [4.78, 5) is 12.4. The molecule has 0 spiro atoms. The van der Waals surface area contributed by atoms with E-state index in [1.807, 2.05) is 0 Å². The molecule has 0 amide bonds. The maximum Gasteiger partial charge on any atom is 0.250 e. The Morgan fingerprint density at radius 1 is 1.13 bits per heavy atom. The van der Waals surface area contributed by atoms with Gasteiger partial charge in [0.05, 0.1) is 5.76 Å². The van der Waals surface area contributed by atoms with E-state index in [4.69, 9.17) is 4.43 Å². The molecule has 174 valence electrons. The van der Waals surface area contributed by atoms with E-state index in [1.54, 1.807) is 6.92 Å². The molecule has 0 radical (unpaired) electrons. The summed E-state index contributed by atoms with van der Waals surface area (Å²) >= 11 is 0. The van der Waals surface area contributed by atoms with Crippen molar-refractivity contribution >= 4 is 14.1 Å². The zero-order chi connectivity index (χ0) is 23.0. The van der Waals surface area contributed by atoms with Crippen molar-refractivity contribution in [1.82, 2.24) is 0 Å². The second kappa shape index (κ2) is 7.06. The van der Waals surface area contributed by atoms with Crippen molar-refractivity contribution in [2.24, 2.45) is 28.6 Å². The monoisotopic (exact) mass is 444 g/mol. The van der Waals surface area contributed by atoms with Gasteiger partial charge < -0.3 is 9.53 Å². The molecule has 0 bridgehead atoms. The number of ketones is 1. The van der Waals surface area contributed by atoms with Crippen LogP contribution < -0.4 is 0 Å². The van der Waals surface area contributed by atoms with Crippen LogP contribution in [0.2, 0.25) is 18.1 Å². The zero-order valence-corrected chi connectivity index (χ0v) is 22.1. The summed E-state index contributed by atoms with van der Waals surface area (Å²) in [5.41, 5.74) is 0.297. The molecule has 2 saturated carbocycles. The summed E-state index contributed by atoms with van der Waals surface area (Å²) in [5.74, 6) is 2.84. The van der Waals surface area contributed by atoms with Gasteiger partial charge in [-0.1, -0.05) is 40.7 Å². The first-order valence-corrected chi connectivity index (χ1v) is 15.4. The molecular weight excluding hydrogens is 400 g/mol. The first-order chi connectivity index (χ1) is 14.2. The lowest BCUT2D eigenvalue weighted by atomic mass is 9.47. The van der Waals surface area contributed by atoms with Crippen LogP contribution in [0.5, 0.6) is 0 Å². The van der Waals surface area contributed by atoms with Crippen molar-refractivity contribution in [3.8, 4) is 0 Å². The van der Waals surface area contributed by atoms with Crippen LogP contribution in [0.1, 0.15) is 86.5 Å². The van der Waals surface area contributed by atoms with Crippen molar-refractivity contribution in [2.45, 2.75) is 110 Å². The van der Waals surface area contributed by atoms with E-state index in [0.717, 1.165) is 38.5 Å². The minimum absolute atomic E-state index is 0.0257. The molecule has 0 aromatic rings. The predicted octanol–water partition coefficient (Wildman–Crippen LogP) is 6.78. The Kier molecular flexibility index (Phi) is 5.30. The fourth-order valence-electron chi connectivity index (χ4n) is 7.46. The second-order valence-corrected chi connectivity index (χ2v) is 17.8. The highest BCUT2D eigenvalue weighted by molar-refractivity contribution is 6.74. The number of hydrogen-bond donors (Lipinski definition) is 1. The molecule has 0 heterocycles. The highest BCUT2D eigenvalue weighted by Gasteiger charge is 2.65. The molecule has 2 fully saturated rings. The van der Waals surface area contributed by atoms with Crippen LogP contribution in [0.4, 0.5) is 0 Å². The van der Waals surface area contributed by atoms with E-state index in [1.165, 1.54) is 11.3 Å². The van der Waals surface area contributed by atoms with E-state index < -0.39 is 13.9 Å². The van der Waals surface area contributed by atoms with Gasteiger partial charge in [0.1, 0.15) is 5.60 Å². The molecule has 31 heavy (non-hydrogen) atoms. The number of carbonyl (C=O) groups is 1. The third-order valence-corrected chi connectivity index (χ3v) is 15.0. The first-order valence-electron chi connectivity index (χ1n) is 12.5. The van der Waals surface area contributed by atoms with Crippen LogP contribution in [0.25, 0.3) is 0 Å². The van der Waals surface area contributed by atoms with Gasteiger partial charge in [0.25, 0.3) is 0 Å². The molecule has 3 nitrogen and oxygen atoms in total. The average molecular weight is 445 g/mol. The molecule has 4 rings (SSSR count). The Bertz CT molecular complexity index is 834. The third kappa shape index (κ3) is 3.26. The molecule has 0 aromatic heterocycles. The molecule has 1 unspecified atom stereocenters. The van der Waals surface area contributed by atoms with Crippen molar-refractivity contribution < 1.29 is 14.3 Å². The Labute approximate surface area is 190 Å². The van der Waals surface area contributed by atoms with Crippen LogP contribution in [-0.4, -0.2) is 24.8 Å². The number of fused-ring (bicyclic) bond motifs is 5. The van der Waals surface area contributed by atoms with Crippen molar-refractivity contribution in [1.29, 1.82) is 0 Å². The van der Waals surface area contributed by atoms with Crippen LogP contribution in [-0.2, 0) is 9.22 Å². The van der Waals surface area contributed by atoms with Crippen molar-refractivity contribution in [3.05, 3.63) is 23.5 Å². The molecule has 0 saturated heterocycles. The molecule has 0 aromatic carbocycles. The first kappa shape index (κ1) is 23.3. The highest BCUT2D eigenvalue weighted by Crippen LogP contribution is 2.67. The average Bonchev–Trinajstić information content (AvgIpc) is 2.93. The normalized spacial score (nSPS) is 42.7. The van der Waals surface area contributed by atoms with Crippen molar-refractivity contribution in [3.63, 3.8) is 0 Å². The number of hydrogen-bond acceptors (Lipinski definition) is 3. The largest absolute Gasteiger partial charge is 0.547 e. The Balaban J connectivity index is 1.61. The summed E-state index contributed by atoms with van der Waals surface area (Å²) in [6.45, 7) is 17.9. The Morgan fingerprint density at radius 2 is 1.77 bits per heavy atom. The summed E-state index contributed by atoms with van der Waals surface area (Å²) in [7, 11) is -1.82. The lowest BCUT2D eigenvalue weighted by Crippen LogP contribution is -2.56. The standard InChI is InChI=1S/C27H44O3Si/c1-18(28)27(29)16-13-23-21-10-9-19-17-20(30-31(7,8)24(2,3)4)11-14-25(19,5)22(21)12-15-26(23,27)6/h9,17,21-23,29H,10-16H2,1-8H3/t21-,22+,23+,25+,26+,27?/m1/s1. The maximum atomic E-state index is 12.4. The SMILES string of the molecule is CC(=O)C1(O)CC[C@H]2[C@@H]3CC=C4C=C(O[Si](C)(C)C(C)(C)C)CC[C@]4(C)[C@H]3CC[C@@]21C. The Hall–Kier alpha value is -0.873. The molecule has 4 aliphatic rings. The van der Waals surface area contributed by atoms with Crippen LogP contribution >= 0.6 is 0 Å². The molecule has 4 heteroatoms. The van der Waals surface area contributed by atoms with Crippen LogP contribution in [0, 0.1) is 28.6 Å². The topological polar surface area (TPSA) is 46.5 Å². The minimum Gasteiger partial charge on any atom is -0.547 e. The van der Waals surface area contributed by atoms with Crippen LogP contribution in [0.15, 0.2) is 23.5 Å². The van der Waals surface area contributed by atoms with Gasteiger partial charge in [-0.2, -0.15) is 0 Å². The quantitative estimate of drug-likeness (QED) is 0.488. The minimum atomic E-state index is -1.82. The molecule has 1 N–H and O–H groups in total. The highest BCUT2D eigenvalue weighted by atomic mass is 28.4. The van der Waals surface area contributed by atoms with Gasteiger partial charge in [0.15, 0.2) is 5.78 Å². The second-order valence-electron chi connectivity index (χ2n) is 13.1. The predicted molar refractivity (Wildman–Crippen MR) is 129 cm³/mol. The van der Waals surface area contributed by atoms with Crippen LogP contribution in [0.3, 0.4) is 0 Å². The molecule has 4 aliphatic carbocycles. The molecular formula is C27H44O3Si. The summed E-state index contributed by atoms with van der Waals surface area (Å²) < 4.78 is 6.70. The summed E-state index contributed by atoms with van der Waals surface area (Å²) in [5, 5.41) is 11.5. The van der Waals surface area contributed by atoms with Gasteiger partial charge in [0.2, 0.25) is 8.32 Å². The molecule has 6 atom stereocenters. The zero-order valence-electron chi connectivity index (χ0n) is 21.1. The van der Waals surface area contributed by atoms with E-state index in [-0.39, 0.29) is 21.7 Å². The van der Waals surface area contributed by atoms with Gasteiger partial charge in [-0.25, -0.2) is 0 Å². The maximum absolute atomic E-state index is 12.4. The number of rotatable bonds is 3. The lowest BCUT2D eigenvalue weighted by molar-refractivity contribution is -0.158. The van der Waals surface area contributed by atoms with E-state index >= 15 is 0 Å². The van der Waals surface area contributed by atoms with Gasteiger partial charge in [-0.15, -0.1) is 0 Å². The third-order valence-electron chi connectivity index (χ3n) is 10.7. The Morgan fingerprint density at radius 3 is 2.39 bits per heavy atom. The number of aliphatic hydroxyl groups is 1. The van der Waals surface area contributed by atoms with Gasteiger partial charge in [-0.3, -0.25) is 4.79 Å².